The SMILES string of the molecule is CCNC(=NCc1ccc(C(F)(F)F)cc1)NCCC(=O)NC(C)C. The number of rotatable bonds is 7. The molecule has 1 amide bonds. The van der Waals surface area contributed by atoms with Crippen molar-refractivity contribution in [2.45, 2.75) is 46.0 Å². The number of nitrogens with zero attached hydrogens (tertiary/aromatic N) is 1. The number of amides is 1. The Morgan fingerprint density at radius 3 is 2.32 bits per heavy atom. The normalized spacial score (nSPS) is 12.2. The third kappa shape index (κ3) is 8.42. The molecule has 0 saturated heterocycles. The molecule has 0 bridgehead atoms. The first-order valence-corrected chi connectivity index (χ1v) is 8.20. The zero-order chi connectivity index (χ0) is 18.9. The molecule has 8 heteroatoms. The van der Waals surface area contributed by atoms with Gasteiger partial charge in [-0.1, -0.05) is 12.1 Å². The molecule has 0 aliphatic carbocycles. The van der Waals surface area contributed by atoms with E-state index >= 15 is 0 Å². The average molecular weight is 358 g/mol. The molecule has 0 spiro atoms. The fourth-order valence-corrected chi connectivity index (χ4v) is 2.00. The maximum atomic E-state index is 12.5. The Kier molecular flexibility index (Phi) is 8.24. The highest BCUT2D eigenvalue weighted by atomic mass is 19.4. The molecule has 140 valence electrons. The Morgan fingerprint density at radius 2 is 1.80 bits per heavy atom. The number of carbonyl (C=O) groups excluding carboxylic acids is 1. The summed E-state index contributed by atoms with van der Waals surface area (Å²) in [5.74, 6) is 0.459. The Bertz CT molecular complexity index is 568. The second kappa shape index (κ2) is 9.90. The highest BCUT2D eigenvalue weighted by Crippen LogP contribution is 2.29. The first-order valence-electron chi connectivity index (χ1n) is 8.20. The number of alkyl halides is 3. The third-order valence-corrected chi connectivity index (χ3v) is 3.14. The van der Waals surface area contributed by atoms with Gasteiger partial charge in [0.15, 0.2) is 5.96 Å². The summed E-state index contributed by atoms with van der Waals surface area (Å²) in [6.45, 7) is 6.97. The van der Waals surface area contributed by atoms with Gasteiger partial charge in [-0.2, -0.15) is 13.2 Å². The van der Waals surface area contributed by atoms with E-state index in [1.807, 2.05) is 20.8 Å². The van der Waals surface area contributed by atoms with Crippen LogP contribution in [0.5, 0.6) is 0 Å². The van der Waals surface area contributed by atoms with Gasteiger partial charge in [-0.3, -0.25) is 4.79 Å². The maximum Gasteiger partial charge on any atom is 0.416 e. The number of benzene rings is 1. The highest BCUT2D eigenvalue weighted by Gasteiger charge is 2.29. The van der Waals surface area contributed by atoms with Gasteiger partial charge >= 0.3 is 6.18 Å². The van der Waals surface area contributed by atoms with E-state index in [0.29, 0.717) is 31.0 Å². The van der Waals surface area contributed by atoms with Gasteiger partial charge in [0.1, 0.15) is 0 Å². The molecule has 0 radical (unpaired) electrons. The zero-order valence-electron chi connectivity index (χ0n) is 14.7. The van der Waals surface area contributed by atoms with Crippen LogP contribution in [0.4, 0.5) is 13.2 Å². The lowest BCUT2D eigenvalue weighted by Crippen LogP contribution is -2.40. The van der Waals surface area contributed by atoms with Crippen LogP contribution in [0.3, 0.4) is 0 Å². The van der Waals surface area contributed by atoms with Crippen LogP contribution in [0.25, 0.3) is 0 Å². The molecule has 1 aromatic carbocycles. The van der Waals surface area contributed by atoms with Crippen molar-refractivity contribution in [3.05, 3.63) is 35.4 Å². The van der Waals surface area contributed by atoms with Crippen molar-refractivity contribution in [2.24, 2.45) is 4.99 Å². The lowest BCUT2D eigenvalue weighted by molar-refractivity contribution is -0.137. The Hall–Kier alpha value is -2.25. The van der Waals surface area contributed by atoms with Crippen LogP contribution in [0.15, 0.2) is 29.3 Å². The van der Waals surface area contributed by atoms with Crippen molar-refractivity contribution in [3.63, 3.8) is 0 Å². The third-order valence-electron chi connectivity index (χ3n) is 3.14. The number of hydrogen-bond acceptors (Lipinski definition) is 2. The van der Waals surface area contributed by atoms with Crippen LogP contribution in [0, 0.1) is 0 Å². The van der Waals surface area contributed by atoms with Gasteiger partial charge in [0, 0.05) is 25.6 Å². The predicted octanol–water partition coefficient (Wildman–Crippen LogP) is 2.68. The Labute approximate surface area is 146 Å². The van der Waals surface area contributed by atoms with Gasteiger partial charge in [-0.05, 0) is 38.5 Å². The van der Waals surface area contributed by atoms with Crippen molar-refractivity contribution in [1.29, 1.82) is 0 Å². The molecule has 0 saturated carbocycles. The quantitative estimate of drug-likeness (QED) is 0.519. The van der Waals surface area contributed by atoms with Crippen molar-refractivity contribution in [1.82, 2.24) is 16.0 Å². The fraction of sp³-hybridized carbons (Fsp3) is 0.529. The monoisotopic (exact) mass is 358 g/mol. The van der Waals surface area contributed by atoms with Gasteiger partial charge in [-0.15, -0.1) is 0 Å². The van der Waals surface area contributed by atoms with Crippen molar-refractivity contribution >= 4 is 11.9 Å². The summed E-state index contributed by atoms with van der Waals surface area (Å²) in [6, 6.07) is 5.00. The molecular formula is C17H25F3N4O. The van der Waals surface area contributed by atoms with Crippen molar-refractivity contribution < 1.29 is 18.0 Å². The fourth-order valence-electron chi connectivity index (χ4n) is 2.00. The summed E-state index contributed by atoms with van der Waals surface area (Å²) in [5.41, 5.74) is -0.0100. The van der Waals surface area contributed by atoms with E-state index in [4.69, 9.17) is 0 Å². The van der Waals surface area contributed by atoms with Gasteiger partial charge in [0.2, 0.25) is 5.91 Å². The molecule has 0 aliphatic heterocycles. The molecule has 0 aliphatic rings. The van der Waals surface area contributed by atoms with E-state index in [2.05, 4.69) is 20.9 Å². The van der Waals surface area contributed by atoms with E-state index in [1.165, 1.54) is 12.1 Å². The maximum absolute atomic E-state index is 12.5. The first kappa shape index (κ1) is 20.8. The molecule has 0 fully saturated rings. The standard InChI is InChI=1S/C17H25F3N4O/c1-4-21-16(22-10-9-15(25)24-12(2)3)23-11-13-5-7-14(8-6-13)17(18,19)20/h5-8,12H,4,9-11H2,1-3H3,(H,24,25)(H2,21,22,23). The number of nitrogens with one attached hydrogen (secondary N) is 3. The first-order chi connectivity index (χ1) is 11.7. The minimum Gasteiger partial charge on any atom is -0.357 e. The summed E-state index contributed by atoms with van der Waals surface area (Å²) in [7, 11) is 0. The largest absolute Gasteiger partial charge is 0.416 e. The van der Waals surface area contributed by atoms with Gasteiger partial charge in [0.25, 0.3) is 0 Å². The van der Waals surface area contributed by atoms with Crippen LogP contribution in [-0.4, -0.2) is 31.0 Å². The lowest BCUT2D eigenvalue weighted by atomic mass is 10.1. The van der Waals surface area contributed by atoms with E-state index < -0.39 is 11.7 Å². The molecule has 0 aromatic heterocycles. The van der Waals surface area contributed by atoms with Crippen LogP contribution >= 0.6 is 0 Å². The average Bonchev–Trinajstić information content (AvgIpc) is 2.51. The summed E-state index contributed by atoms with van der Waals surface area (Å²) in [4.78, 5) is 15.9. The topological polar surface area (TPSA) is 65.5 Å². The minimum absolute atomic E-state index is 0.0545. The van der Waals surface area contributed by atoms with Gasteiger partial charge in [0.05, 0.1) is 12.1 Å². The molecule has 25 heavy (non-hydrogen) atoms. The van der Waals surface area contributed by atoms with Crippen LogP contribution < -0.4 is 16.0 Å². The summed E-state index contributed by atoms with van der Waals surface area (Å²) < 4.78 is 37.6. The predicted molar refractivity (Wildman–Crippen MR) is 92.2 cm³/mol. The molecule has 3 N–H and O–H groups in total. The van der Waals surface area contributed by atoms with E-state index in [1.54, 1.807) is 0 Å². The summed E-state index contributed by atoms with van der Waals surface area (Å²) >= 11 is 0. The number of aliphatic imine (C=N–C) groups is 1. The van der Waals surface area contributed by atoms with E-state index in [0.717, 1.165) is 12.1 Å². The summed E-state index contributed by atoms with van der Waals surface area (Å²) in [5, 5.41) is 8.85. The van der Waals surface area contributed by atoms with Crippen molar-refractivity contribution in [2.75, 3.05) is 13.1 Å². The van der Waals surface area contributed by atoms with Crippen LogP contribution in [-0.2, 0) is 17.5 Å². The zero-order valence-corrected chi connectivity index (χ0v) is 14.7. The number of hydrogen-bond donors (Lipinski definition) is 3. The minimum atomic E-state index is -4.34. The molecular weight excluding hydrogens is 333 g/mol. The smallest absolute Gasteiger partial charge is 0.357 e. The number of halogens is 3. The number of guanidine groups is 1. The van der Waals surface area contributed by atoms with Crippen LogP contribution in [0.2, 0.25) is 0 Å². The lowest BCUT2D eigenvalue weighted by Gasteiger charge is -2.12. The molecule has 0 atom stereocenters. The number of carbonyl (C=O) groups is 1. The second-order valence-electron chi connectivity index (χ2n) is 5.79. The van der Waals surface area contributed by atoms with Crippen LogP contribution in [0.1, 0.15) is 38.3 Å². The highest BCUT2D eigenvalue weighted by molar-refractivity contribution is 5.81. The second-order valence-corrected chi connectivity index (χ2v) is 5.79. The molecule has 5 nitrogen and oxygen atoms in total. The van der Waals surface area contributed by atoms with Gasteiger partial charge in [-0.25, -0.2) is 4.99 Å². The van der Waals surface area contributed by atoms with Crippen molar-refractivity contribution in [3.8, 4) is 0 Å². The Morgan fingerprint density at radius 1 is 1.16 bits per heavy atom. The van der Waals surface area contributed by atoms with E-state index in [9.17, 15) is 18.0 Å². The molecule has 1 aromatic rings. The van der Waals surface area contributed by atoms with Gasteiger partial charge < -0.3 is 16.0 Å². The molecule has 0 heterocycles. The molecule has 1 rings (SSSR count). The summed E-state index contributed by atoms with van der Waals surface area (Å²) in [6.07, 6.45) is -4.03. The Balaban J connectivity index is 2.56. The molecule has 0 unspecified atom stereocenters. The van der Waals surface area contributed by atoms with E-state index in [-0.39, 0.29) is 18.5 Å².